The van der Waals surface area contributed by atoms with Crippen LogP contribution >= 0.6 is 0 Å². The fourth-order valence-corrected chi connectivity index (χ4v) is 4.01. The molecule has 0 unspecified atom stereocenters. The summed E-state index contributed by atoms with van der Waals surface area (Å²) >= 11 is 0. The number of nitrogens with zero attached hydrogens (tertiary/aromatic N) is 2. The average Bonchev–Trinajstić information content (AvgIpc) is 2.77. The smallest absolute Gasteiger partial charge is 0.466 e. The number of carbonyl (C=O) groups excluding carboxylic acids is 1. The second-order valence-electron chi connectivity index (χ2n) is 7.64. The van der Waals surface area contributed by atoms with Gasteiger partial charge in [0.1, 0.15) is 11.6 Å². The maximum Gasteiger partial charge on any atom is 0.573 e. The van der Waals surface area contributed by atoms with Crippen LogP contribution in [0.25, 0.3) is 22.0 Å². The van der Waals surface area contributed by atoms with Crippen molar-refractivity contribution < 1.29 is 27.4 Å². The summed E-state index contributed by atoms with van der Waals surface area (Å²) in [5.41, 5.74) is 2.00. The molecule has 0 bridgehead atoms. The minimum absolute atomic E-state index is 0.0985. The predicted octanol–water partition coefficient (Wildman–Crippen LogP) is 5.58. The van der Waals surface area contributed by atoms with Gasteiger partial charge >= 0.3 is 12.3 Å². The lowest BCUT2D eigenvalue weighted by Crippen LogP contribution is -2.37. The van der Waals surface area contributed by atoms with Crippen LogP contribution in [0.1, 0.15) is 19.8 Å². The molecule has 0 atom stereocenters. The Labute approximate surface area is 183 Å². The highest BCUT2D eigenvalue weighted by molar-refractivity contribution is 5.94. The molecule has 1 saturated heterocycles. The van der Waals surface area contributed by atoms with E-state index in [1.54, 1.807) is 13.0 Å². The molecule has 0 radical (unpaired) electrons. The fraction of sp³-hybridized carbons (Fsp3) is 0.333. The third-order valence-electron chi connectivity index (χ3n) is 5.52. The van der Waals surface area contributed by atoms with Gasteiger partial charge in [0, 0.05) is 24.0 Å². The van der Waals surface area contributed by atoms with Crippen molar-refractivity contribution in [3.05, 3.63) is 54.6 Å². The molecule has 1 aromatic heterocycles. The van der Waals surface area contributed by atoms with Crippen molar-refractivity contribution in [2.45, 2.75) is 26.1 Å². The molecule has 4 rings (SSSR count). The number of hydrogen-bond donors (Lipinski definition) is 0. The lowest BCUT2D eigenvalue weighted by atomic mass is 9.97. The Kier molecular flexibility index (Phi) is 6.21. The maximum atomic E-state index is 12.6. The third kappa shape index (κ3) is 4.95. The molecule has 1 aliphatic heterocycles. The van der Waals surface area contributed by atoms with E-state index in [2.05, 4.69) is 9.64 Å². The number of anilines is 1. The van der Waals surface area contributed by atoms with Gasteiger partial charge in [0.15, 0.2) is 0 Å². The second-order valence-corrected chi connectivity index (χ2v) is 7.64. The van der Waals surface area contributed by atoms with Gasteiger partial charge in [-0.15, -0.1) is 13.2 Å². The summed E-state index contributed by atoms with van der Waals surface area (Å²) in [5.74, 6) is 0.250. The van der Waals surface area contributed by atoms with Gasteiger partial charge in [-0.25, -0.2) is 4.98 Å². The normalized spacial score (nSPS) is 15.1. The van der Waals surface area contributed by atoms with Crippen LogP contribution in [0.5, 0.6) is 5.75 Å². The van der Waals surface area contributed by atoms with Crippen LogP contribution in [0, 0.1) is 5.92 Å². The summed E-state index contributed by atoms with van der Waals surface area (Å²) in [4.78, 5) is 18.9. The number of aromatic nitrogens is 1. The van der Waals surface area contributed by atoms with E-state index in [1.165, 1.54) is 18.2 Å². The number of benzene rings is 2. The predicted molar refractivity (Wildman–Crippen MR) is 115 cm³/mol. The van der Waals surface area contributed by atoms with Gasteiger partial charge in [0.05, 0.1) is 18.0 Å². The Morgan fingerprint density at radius 2 is 1.84 bits per heavy atom. The van der Waals surface area contributed by atoms with Crippen LogP contribution in [-0.4, -0.2) is 37.0 Å². The molecule has 2 heterocycles. The van der Waals surface area contributed by atoms with Crippen LogP contribution in [0.15, 0.2) is 54.6 Å². The summed E-state index contributed by atoms with van der Waals surface area (Å²) in [6.45, 7) is 3.54. The molecule has 0 spiro atoms. The number of piperidine rings is 1. The van der Waals surface area contributed by atoms with Crippen molar-refractivity contribution in [2.75, 3.05) is 24.6 Å². The molecule has 2 aromatic carbocycles. The van der Waals surface area contributed by atoms with E-state index >= 15 is 0 Å². The Morgan fingerprint density at radius 1 is 1.09 bits per heavy atom. The summed E-state index contributed by atoms with van der Waals surface area (Å²) in [5, 5.41) is 0.884. The molecule has 3 aromatic rings. The number of hydrogen-bond acceptors (Lipinski definition) is 5. The van der Waals surface area contributed by atoms with Crippen molar-refractivity contribution in [2.24, 2.45) is 5.92 Å². The standard InChI is InChI=1S/C24H23F3N2O3/c1-2-31-23(30)17-11-13-29(14-12-17)21-10-9-16-5-4-8-20(22(16)28-21)18-6-3-7-19(15-18)32-24(25,26)27/h3-10,15,17H,2,11-14H2,1H3. The monoisotopic (exact) mass is 444 g/mol. The van der Waals surface area contributed by atoms with Crippen LogP contribution in [0.4, 0.5) is 19.0 Å². The largest absolute Gasteiger partial charge is 0.573 e. The number of pyridine rings is 1. The first-order chi connectivity index (χ1) is 15.3. The Bertz CT molecular complexity index is 1110. The zero-order valence-corrected chi connectivity index (χ0v) is 17.6. The first-order valence-corrected chi connectivity index (χ1v) is 10.5. The molecule has 5 nitrogen and oxygen atoms in total. The highest BCUT2D eigenvalue weighted by atomic mass is 19.4. The molecule has 0 amide bonds. The molecule has 0 aliphatic carbocycles. The molecule has 1 aliphatic rings. The minimum atomic E-state index is -4.75. The topological polar surface area (TPSA) is 51.7 Å². The van der Waals surface area contributed by atoms with E-state index in [-0.39, 0.29) is 17.6 Å². The quantitative estimate of drug-likeness (QED) is 0.481. The van der Waals surface area contributed by atoms with Crippen molar-refractivity contribution in [1.29, 1.82) is 0 Å². The van der Waals surface area contributed by atoms with Gasteiger partial charge in [-0.05, 0) is 49.6 Å². The lowest BCUT2D eigenvalue weighted by Gasteiger charge is -2.31. The van der Waals surface area contributed by atoms with E-state index in [9.17, 15) is 18.0 Å². The van der Waals surface area contributed by atoms with Crippen LogP contribution in [-0.2, 0) is 9.53 Å². The number of para-hydroxylation sites is 1. The van der Waals surface area contributed by atoms with Crippen LogP contribution < -0.4 is 9.64 Å². The van der Waals surface area contributed by atoms with Gasteiger partial charge in [0.2, 0.25) is 0 Å². The van der Waals surface area contributed by atoms with Gasteiger partial charge in [-0.3, -0.25) is 4.79 Å². The molecular formula is C24H23F3N2O3. The SMILES string of the molecule is CCOC(=O)C1CCN(c2ccc3cccc(-c4cccc(OC(F)(F)F)c4)c3n2)CC1. The van der Waals surface area contributed by atoms with Crippen LogP contribution in [0.3, 0.4) is 0 Å². The zero-order chi connectivity index (χ0) is 22.7. The lowest BCUT2D eigenvalue weighted by molar-refractivity contribution is -0.274. The maximum absolute atomic E-state index is 12.6. The molecule has 0 saturated carbocycles. The Hall–Kier alpha value is -3.29. The zero-order valence-electron chi connectivity index (χ0n) is 17.6. The third-order valence-corrected chi connectivity index (χ3v) is 5.52. The summed E-state index contributed by atoms with van der Waals surface area (Å²) in [6, 6.07) is 15.4. The van der Waals surface area contributed by atoms with Gasteiger partial charge in [-0.1, -0.05) is 30.3 Å². The van der Waals surface area contributed by atoms with Crippen molar-refractivity contribution in [3.8, 4) is 16.9 Å². The van der Waals surface area contributed by atoms with E-state index < -0.39 is 6.36 Å². The molecule has 1 fully saturated rings. The van der Waals surface area contributed by atoms with Crippen molar-refractivity contribution in [3.63, 3.8) is 0 Å². The summed E-state index contributed by atoms with van der Waals surface area (Å²) < 4.78 is 47.1. The van der Waals surface area contributed by atoms with Gasteiger partial charge < -0.3 is 14.4 Å². The van der Waals surface area contributed by atoms with Gasteiger partial charge in [0.25, 0.3) is 0 Å². The number of alkyl halides is 3. The number of halogens is 3. The number of esters is 1. The number of rotatable bonds is 5. The highest BCUT2D eigenvalue weighted by Crippen LogP contribution is 2.33. The average molecular weight is 444 g/mol. The molecular weight excluding hydrogens is 421 g/mol. The molecule has 32 heavy (non-hydrogen) atoms. The summed E-state index contributed by atoms with van der Waals surface area (Å²) in [7, 11) is 0. The fourth-order valence-electron chi connectivity index (χ4n) is 4.01. The van der Waals surface area contributed by atoms with Gasteiger partial charge in [-0.2, -0.15) is 0 Å². The minimum Gasteiger partial charge on any atom is -0.466 e. The second kappa shape index (κ2) is 9.06. The first kappa shape index (κ1) is 21.9. The molecule has 0 N–H and O–H groups in total. The highest BCUT2D eigenvalue weighted by Gasteiger charge is 2.31. The van der Waals surface area contributed by atoms with E-state index in [0.29, 0.717) is 43.6 Å². The van der Waals surface area contributed by atoms with E-state index in [0.717, 1.165) is 16.8 Å². The van der Waals surface area contributed by atoms with Crippen molar-refractivity contribution >= 4 is 22.7 Å². The Balaban J connectivity index is 1.61. The number of carbonyl (C=O) groups is 1. The number of fused-ring (bicyclic) bond motifs is 1. The Morgan fingerprint density at radius 3 is 2.56 bits per heavy atom. The van der Waals surface area contributed by atoms with Crippen molar-refractivity contribution in [1.82, 2.24) is 4.98 Å². The van der Waals surface area contributed by atoms with E-state index in [1.807, 2.05) is 30.3 Å². The van der Waals surface area contributed by atoms with E-state index in [4.69, 9.17) is 9.72 Å². The number of ether oxygens (including phenoxy) is 2. The summed E-state index contributed by atoms with van der Waals surface area (Å²) in [6.07, 6.45) is -3.37. The molecule has 168 valence electrons. The van der Waals surface area contributed by atoms with Crippen LogP contribution in [0.2, 0.25) is 0 Å². The molecule has 8 heteroatoms. The first-order valence-electron chi connectivity index (χ1n) is 10.5.